The van der Waals surface area contributed by atoms with Crippen LogP contribution in [0.15, 0.2) is 24.3 Å². The van der Waals surface area contributed by atoms with E-state index in [2.05, 4.69) is 50.4 Å². The van der Waals surface area contributed by atoms with E-state index in [4.69, 9.17) is 4.74 Å². The number of benzene rings is 1. The van der Waals surface area contributed by atoms with Gasteiger partial charge in [-0.3, -0.25) is 0 Å². The molecule has 0 spiro atoms. The summed E-state index contributed by atoms with van der Waals surface area (Å²) in [6, 6.07) is 8.49. The lowest BCUT2D eigenvalue weighted by Gasteiger charge is -2.20. The maximum Gasteiger partial charge on any atom is 0.119 e. The van der Waals surface area contributed by atoms with Gasteiger partial charge in [-0.15, -0.1) is 0 Å². The van der Waals surface area contributed by atoms with Crippen LogP contribution in [-0.4, -0.2) is 19.2 Å². The molecule has 1 saturated heterocycles. The molecule has 1 aromatic carbocycles. The van der Waals surface area contributed by atoms with Crippen molar-refractivity contribution in [3.63, 3.8) is 0 Å². The van der Waals surface area contributed by atoms with Gasteiger partial charge in [0.25, 0.3) is 0 Å². The van der Waals surface area contributed by atoms with Gasteiger partial charge >= 0.3 is 0 Å². The monoisotopic (exact) mass is 219 g/mol. The van der Waals surface area contributed by atoms with Crippen LogP contribution in [0.25, 0.3) is 0 Å². The van der Waals surface area contributed by atoms with Crippen LogP contribution in [0.4, 0.5) is 0 Å². The van der Waals surface area contributed by atoms with Gasteiger partial charge in [0.1, 0.15) is 11.9 Å². The third-order valence-corrected chi connectivity index (χ3v) is 3.04. The van der Waals surface area contributed by atoms with E-state index in [1.54, 1.807) is 0 Å². The predicted octanol–water partition coefficient (Wildman–Crippen LogP) is 2.72. The van der Waals surface area contributed by atoms with Gasteiger partial charge in [0.15, 0.2) is 0 Å². The van der Waals surface area contributed by atoms with Gasteiger partial charge in [0, 0.05) is 6.54 Å². The highest BCUT2D eigenvalue weighted by Gasteiger charge is 2.17. The van der Waals surface area contributed by atoms with Gasteiger partial charge in [0.05, 0.1) is 0 Å². The van der Waals surface area contributed by atoms with Crippen LogP contribution >= 0.6 is 0 Å². The Morgan fingerprint density at radius 3 is 2.38 bits per heavy atom. The lowest BCUT2D eigenvalue weighted by atomic mass is 9.87. The Bertz CT molecular complexity index is 331. The van der Waals surface area contributed by atoms with E-state index >= 15 is 0 Å². The summed E-state index contributed by atoms with van der Waals surface area (Å²) in [5.41, 5.74) is 1.57. The largest absolute Gasteiger partial charge is 0.489 e. The molecule has 2 nitrogen and oxygen atoms in total. The van der Waals surface area contributed by atoms with Crippen molar-refractivity contribution in [1.29, 1.82) is 0 Å². The van der Waals surface area contributed by atoms with Crippen molar-refractivity contribution in [3.05, 3.63) is 29.8 Å². The summed E-state index contributed by atoms with van der Waals surface area (Å²) in [4.78, 5) is 0. The lowest BCUT2D eigenvalue weighted by molar-refractivity contribution is 0.223. The third kappa shape index (κ3) is 2.76. The first kappa shape index (κ1) is 11.5. The molecule has 0 radical (unpaired) electrons. The average Bonchev–Trinajstić information content (AvgIpc) is 2.70. The van der Waals surface area contributed by atoms with Crippen LogP contribution in [-0.2, 0) is 5.41 Å². The Balaban J connectivity index is 2.01. The minimum absolute atomic E-state index is 0.216. The van der Waals surface area contributed by atoms with Crippen LogP contribution in [0, 0.1) is 0 Å². The van der Waals surface area contributed by atoms with Gasteiger partial charge in [-0.2, -0.15) is 0 Å². The smallest absolute Gasteiger partial charge is 0.119 e. The SMILES string of the molecule is CC(C)(C)c1ccc(O[C@@H]2CCNC2)cc1. The second kappa shape index (κ2) is 4.46. The standard InChI is InChI=1S/C14H21NO/c1-14(2,3)11-4-6-12(7-5-11)16-13-8-9-15-10-13/h4-7,13,15H,8-10H2,1-3H3/t13-/m1/s1. The summed E-state index contributed by atoms with van der Waals surface area (Å²) < 4.78 is 5.88. The molecular weight excluding hydrogens is 198 g/mol. The highest BCUT2D eigenvalue weighted by molar-refractivity contribution is 5.31. The fraction of sp³-hybridized carbons (Fsp3) is 0.571. The normalized spacial score (nSPS) is 21.1. The topological polar surface area (TPSA) is 21.3 Å². The molecule has 0 aromatic heterocycles. The highest BCUT2D eigenvalue weighted by Crippen LogP contribution is 2.25. The Morgan fingerprint density at radius 2 is 1.88 bits per heavy atom. The molecule has 16 heavy (non-hydrogen) atoms. The van der Waals surface area contributed by atoms with Crippen molar-refractivity contribution in [2.45, 2.75) is 38.7 Å². The highest BCUT2D eigenvalue weighted by atomic mass is 16.5. The van der Waals surface area contributed by atoms with Crippen molar-refractivity contribution >= 4 is 0 Å². The van der Waals surface area contributed by atoms with Gasteiger partial charge in [-0.25, -0.2) is 0 Å². The van der Waals surface area contributed by atoms with E-state index in [-0.39, 0.29) is 5.41 Å². The molecule has 1 N–H and O–H groups in total. The molecule has 88 valence electrons. The first-order valence-corrected chi connectivity index (χ1v) is 6.03. The second-order valence-corrected chi connectivity index (χ2v) is 5.51. The summed E-state index contributed by atoms with van der Waals surface area (Å²) in [6.07, 6.45) is 1.46. The number of rotatable bonds is 2. The summed E-state index contributed by atoms with van der Waals surface area (Å²) in [7, 11) is 0. The van der Waals surface area contributed by atoms with Crippen LogP contribution in [0.3, 0.4) is 0 Å². The lowest BCUT2D eigenvalue weighted by Crippen LogP contribution is -2.19. The van der Waals surface area contributed by atoms with E-state index in [9.17, 15) is 0 Å². The van der Waals surface area contributed by atoms with E-state index in [0.717, 1.165) is 25.3 Å². The third-order valence-electron chi connectivity index (χ3n) is 3.04. The molecule has 1 atom stereocenters. The molecule has 2 rings (SSSR count). The number of hydrogen-bond donors (Lipinski definition) is 1. The number of ether oxygens (including phenoxy) is 1. The zero-order chi connectivity index (χ0) is 11.6. The van der Waals surface area contributed by atoms with Crippen LogP contribution in [0.5, 0.6) is 5.75 Å². The van der Waals surface area contributed by atoms with E-state index in [1.165, 1.54) is 5.56 Å². The predicted molar refractivity (Wildman–Crippen MR) is 67.0 cm³/mol. The van der Waals surface area contributed by atoms with Crippen LogP contribution in [0.1, 0.15) is 32.8 Å². The van der Waals surface area contributed by atoms with Crippen molar-refractivity contribution in [2.24, 2.45) is 0 Å². The molecule has 1 aromatic rings. The van der Waals surface area contributed by atoms with Crippen LogP contribution < -0.4 is 10.1 Å². The van der Waals surface area contributed by atoms with Crippen LogP contribution in [0.2, 0.25) is 0 Å². The van der Waals surface area contributed by atoms with E-state index in [0.29, 0.717) is 6.10 Å². The Kier molecular flexibility index (Phi) is 3.20. The number of nitrogens with one attached hydrogen (secondary N) is 1. The Labute approximate surface area is 98.0 Å². The molecule has 2 heteroatoms. The molecule has 0 bridgehead atoms. The zero-order valence-corrected chi connectivity index (χ0v) is 10.4. The summed E-state index contributed by atoms with van der Waals surface area (Å²) in [5.74, 6) is 0.988. The molecule has 0 saturated carbocycles. The Morgan fingerprint density at radius 1 is 1.19 bits per heavy atom. The minimum atomic E-state index is 0.216. The quantitative estimate of drug-likeness (QED) is 0.825. The minimum Gasteiger partial charge on any atom is -0.489 e. The van der Waals surface area contributed by atoms with Gasteiger partial charge < -0.3 is 10.1 Å². The van der Waals surface area contributed by atoms with Crippen molar-refractivity contribution in [3.8, 4) is 5.75 Å². The zero-order valence-electron chi connectivity index (χ0n) is 10.4. The molecule has 1 fully saturated rings. The van der Waals surface area contributed by atoms with E-state index in [1.807, 2.05) is 0 Å². The van der Waals surface area contributed by atoms with Gasteiger partial charge in [0.2, 0.25) is 0 Å². The van der Waals surface area contributed by atoms with Crippen molar-refractivity contribution in [1.82, 2.24) is 5.32 Å². The molecule has 1 aliphatic rings. The molecule has 0 unspecified atom stereocenters. The second-order valence-electron chi connectivity index (χ2n) is 5.51. The molecule has 1 heterocycles. The van der Waals surface area contributed by atoms with E-state index < -0.39 is 0 Å². The number of hydrogen-bond acceptors (Lipinski definition) is 2. The molecule has 0 amide bonds. The fourth-order valence-corrected chi connectivity index (χ4v) is 1.95. The van der Waals surface area contributed by atoms with Crippen molar-refractivity contribution in [2.75, 3.05) is 13.1 Å². The summed E-state index contributed by atoms with van der Waals surface area (Å²) >= 11 is 0. The molecule has 0 aliphatic carbocycles. The molecular formula is C14H21NO. The summed E-state index contributed by atoms with van der Waals surface area (Å²) in [5, 5.41) is 3.30. The average molecular weight is 219 g/mol. The maximum absolute atomic E-state index is 5.88. The first-order valence-electron chi connectivity index (χ1n) is 6.03. The summed E-state index contributed by atoms with van der Waals surface area (Å²) in [6.45, 7) is 8.73. The van der Waals surface area contributed by atoms with Gasteiger partial charge in [-0.05, 0) is 36.1 Å². The maximum atomic E-state index is 5.88. The fourth-order valence-electron chi connectivity index (χ4n) is 1.95. The Hall–Kier alpha value is -1.02. The first-order chi connectivity index (χ1) is 7.55. The van der Waals surface area contributed by atoms with Crippen molar-refractivity contribution < 1.29 is 4.74 Å². The molecule has 1 aliphatic heterocycles. The van der Waals surface area contributed by atoms with Gasteiger partial charge in [-0.1, -0.05) is 32.9 Å².